The first-order valence-corrected chi connectivity index (χ1v) is 9.54. The Labute approximate surface area is 194 Å². The van der Waals surface area contributed by atoms with Gasteiger partial charge in [0.2, 0.25) is 0 Å². The zero-order valence-electron chi connectivity index (χ0n) is 17.4. The predicted octanol–water partition coefficient (Wildman–Crippen LogP) is 0.0974. The molecule has 0 atom stereocenters. The molecule has 0 aliphatic heterocycles. The van der Waals surface area contributed by atoms with E-state index >= 15 is 0 Å². The number of hydrogen-bond donors (Lipinski definition) is 2. The summed E-state index contributed by atoms with van der Waals surface area (Å²) in [5, 5.41) is 17.3. The first kappa shape index (κ1) is 25.2. The van der Waals surface area contributed by atoms with Crippen LogP contribution in [0.1, 0.15) is 52.5 Å². The molecule has 0 heterocycles. The topological polar surface area (TPSA) is 90.5 Å². The molecule has 29 heavy (non-hydrogen) atoms. The van der Waals surface area contributed by atoms with E-state index in [4.69, 9.17) is 4.74 Å². The van der Waals surface area contributed by atoms with E-state index in [2.05, 4.69) is 17.6 Å². The molecule has 0 saturated heterocycles. The number of nitrogens with one attached hydrogen (secondary N) is 2. The fraction of sp³-hybridized carbons (Fsp3) is 0.364. The van der Waals surface area contributed by atoms with Crippen LogP contribution in [-0.4, -0.2) is 32.1 Å². The van der Waals surface area contributed by atoms with E-state index in [0.717, 1.165) is 43.5 Å². The molecule has 0 aromatic heterocycles. The van der Waals surface area contributed by atoms with Crippen molar-refractivity contribution in [3.05, 3.63) is 59.2 Å². The third-order valence-corrected chi connectivity index (χ3v) is 4.38. The van der Waals surface area contributed by atoms with Gasteiger partial charge in [0.1, 0.15) is 0 Å². The van der Waals surface area contributed by atoms with E-state index in [1.807, 2.05) is 18.2 Å². The van der Waals surface area contributed by atoms with Gasteiger partial charge in [0.25, 0.3) is 5.91 Å². The summed E-state index contributed by atoms with van der Waals surface area (Å²) < 4.78 is 5.09. The van der Waals surface area contributed by atoms with Gasteiger partial charge in [-0.3, -0.25) is 4.79 Å². The van der Waals surface area contributed by atoms with E-state index in [9.17, 15) is 14.7 Å². The van der Waals surface area contributed by atoms with Gasteiger partial charge in [0.05, 0.1) is 17.2 Å². The summed E-state index contributed by atoms with van der Waals surface area (Å²) in [5.74, 6) is -1.69. The Kier molecular flexibility index (Phi) is 11.6. The van der Waals surface area contributed by atoms with Crippen molar-refractivity contribution in [1.82, 2.24) is 0 Å². The van der Waals surface area contributed by atoms with Gasteiger partial charge in [0, 0.05) is 31.5 Å². The SMILES string of the molecule is CCCCNc1ccc(CCCOC)cc1C(=O)Nc1ccccc1C(=O)[O-].[Na+]. The van der Waals surface area contributed by atoms with Crippen LogP contribution >= 0.6 is 0 Å². The van der Waals surface area contributed by atoms with Crippen LogP contribution in [0.5, 0.6) is 0 Å². The van der Waals surface area contributed by atoms with Crippen LogP contribution in [0.3, 0.4) is 0 Å². The third-order valence-electron chi connectivity index (χ3n) is 4.38. The van der Waals surface area contributed by atoms with Crippen molar-refractivity contribution in [2.45, 2.75) is 32.6 Å². The third kappa shape index (κ3) is 7.82. The Bertz CT molecular complexity index is 811. The Morgan fingerprint density at radius 3 is 2.48 bits per heavy atom. The average Bonchev–Trinajstić information content (AvgIpc) is 2.69. The normalized spacial score (nSPS) is 10.1. The number of aryl methyl sites for hydroxylation is 1. The number of ether oxygens (including phenoxy) is 1. The zero-order chi connectivity index (χ0) is 20.4. The van der Waals surface area contributed by atoms with Crippen molar-refractivity contribution in [2.24, 2.45) is 0 Å². The number of carbonyl (C=O) groups excluding carboxylic acids is 2. The molecule has 0 aliphatic rings. The molecule has 1 amide bonds. The van der Waals surface area contributed by atoms with Crippen LogP contribution in [0.25, 0.3) is 0 Å². The summed E-state index contributed by atoms with van der Waals surface area (Å²) in [7, 11) is 1.66. The molecule has 0 fully saturated rings. The summed E-state index contributed by atoms with van der Waals surface area (Å²) >= 11 is 0. The number of unbranched alkanes of at least 4 members (excludes halogenated alkanes) is 1. The summed E-state index contributed by atoms with van der Waals surface area (Å²) in [5.41, 5.74) is 2.41. The molecule has 0 saturated carbocycles. The molecule has 0 bridgehead atoms. The molecule has 0 spiro atoms. The quantitative estimate of drug-likeness (QED) is 0.408. The number of anilines is 2. The van der Waals surface area contributed by atoms with Gasteiger partial charge < -0.3 is 25.3 Å². The number of carboxylic acid groups (broad SMARTS) is 1. The van der Waals surface area contributed by atoms with Gasteiger partial charge in [-0.2, -0.15) is 0 Å². The number of hydrogen-bond acceptors (Lipinski definition) is 5. The molecule has 150 valence electrons. The van der Waals surface area contributed by atoms with Crippen LogP contribution in [-0.2, 0) is 11.2 Å². The Balaban J connectivity index is 0.00000420. The van der Waals surface area contributed by atoms with Crippen LogP contribution in [0.4, 0.5) is 11.4 Å². The minimum atomic E-state index is -1.33. The molecule has 0 unspecified atom stereocenters. The summed E-state index contributed by atoms with van der Waals surface area (Å²) in [6.07, 6.45) is 3.68. The van der Waals surface area contributed by atoms with E-state index in [1.165, 1.54) is 6.07 Å². The Hall–Kier alpha value is -1.86. The summed E-state index contributed by atoms with van der Waals surface area (Å²) in [4.78, 5) is 24.2. The monoisotopic (exact) mass is 406 g/mol. The molecule has 2 N–H and O–H groups in total. The molecule has 2 rings (SSSR count). The molecular formula is C22H27N2NaO4. The number of methoxy groups -OCH3 is 1. The number of amides is 1. The van der Waals surface area contributed by atoms with Crippen molar-refractivity contribution in [1.29, 1.82) is 0 Å². The summed E-state index contributed by atoms with van der Waals surface area (Å²) in [6, 6.07) is 12.0. The number of carboxylic acids is 1. The van der Waals surface area contributed by atoms with Crippen molar-refractivity contribution in [3.63, 3.8) is 0 Å². The van der Waals surface area contributed by atoms with Gasteiger partial charge in [-0.1, -0.05) is 37.6 Å². The second-order valence-electron chi connectivity index (χ2n) is 6.54. The molecule has 6 nitrogen and oxygen atoms in total. The van der Waals surface area contributed by atoms with Crippen LogP contribution in [0.15, 0.2) is 42.5 Å². The number of carbonyl (C=O) groups is 2. The van der Waals surface area contributed by atoms with Gasteiger partial charge in [-0.15, -0.1) is 0 Å². The van der Waals surface area contributed by atoms with Crippen molar-refractivity contribution in [3.8, 4) is 0 Å². The standard InChI is InChI=1S/C22H28N2O4.Na/c1-3-4-13-23-19-12-11-16(8-7-14-28-2)15-18(19)21(25)24-20-10-6-5-9-17(20)22(26)27;/h5-6,9-12,15,23H,3-4,7-8,13-14H2,1-2H3,(H,24,25)(H,26,27);/q;+1/p-1. The van der Waals surface area contributed by atoms with E-state index in [-0.39, 0.29) is 46.7 Å². The first-order chi connectivity index (χ1) is 13.6. The number of para-hydroxylation sites is 1. The number of aromatic carboxylic acids is 1. The van der Waals surface area contributed by atoms with Gasteiger partial charge in [0.15, 0.2) is 0 Å². The maximum Gasteiger partial charge on any atom is 1.00 e. The van der Waals surface area contributed by atoms with Crippen LogP contribution < -0.4 is 45.3 Å². The van der Waals surface area contributed by atoms with E-state index in [1.54, 1.807) is 25.3 Å². The second kappa shape index (κ2) is 13.4. The fourth-order valence-corrected chi connectivity index (χ4v) is 2.87. The Morgan fingerprint density at radius 2 is 1.79 bits per heavy atom. The van der Waals surface area contributed by atoms with Crippen molar-refractivity contribution in [2.75, 3.05) is 30.9 Å². The molecule has 2 aromatic rings. The van der Waals surface area contributed by atoms with Crippen LogP contribution in [0.2, 0.25) is 0 Å². The fourth-order valence-electron chi connectivity index (χ4n) is 2.87. The van der Waals surface area contributed by atoms with Crippen molar-refractivity contribution < 1.29 is 49.0 Å². The largest absolute Gasteiger partial charge is 1.00 e. The van der Waals surface area contributed by atoms with E-state index in [0.29, 0.717) is 12.2 Å². The number of benzene rings is 2. The van der Waals surface area contributed by atoms with Gasteiger partial charge in [-0.25, -0.2) is 0 Å². The van der Waals surface area contributed by atoms with Crippen LogP contribution in [0, 0.1) is 0 Å². The maximum absolute atomic E-state index is 12.9. The minimum Gasteiger partial charge on any atom is -0.545 e. The molecule has 0 radical (unpaired) electrons. The second-order valence-corrected chi connectivity index (χ2v) is 6.54. The smallest absolute Gasteiger partial charge is 0.545 e. The van der Waals surface area contributed by atoms with Gasteiger partial charge >= 0.3 is 29.6 Å². The molecule has 2 aromatic carbocycles. The number of rotatable bonds is 11. The van der Waals surface area contributed by atoms with E-state index < -0.39 is 5.97 Å². The summed E-state index contributed by atoms with van der Waals surface area (Å²) in [6.45, 7) is 3.51. The average molecular weight is 406 g/mol. The minimum absolute atomic E-state index is 0. The molecular weight excluding hydrogens is 379 g/mol. The first-order valence-electron chi connectivity index (χ1n) is 9.54. The molecule has 7 heteroatoms. The Morgan fingerprint density at radius 1 is 1.03 bits per heavy atom. The predicted molar refractivity (Wildman–Crippen MR) is 109 cm³/mol. The van der Waals surface area contributed by atoms with Crippen molar-refractivity contribution >= 4 is 23.3 Å². The zero-order valence-corrected chi connectivity index (χ0v) is 19.4. The molecule has 0 aliphatic carbocycles. The van der Waals surface area contributed by atoms with Gasteiger partial charge in [-0.05, 0) is 43.0 Å². The maximum atomic E-state index is 12.9.